The largest absolute Gasteiger partial charge is 0.482 e. The second kappa shape index (κ2) is 7.10. The van der Waals surface area contributed by atoms with Gasteiger partial charge in [-0.05, 0) is 74.5 Å². The molecule has 0 aromatic heterocycles. The van der Waals surface area contributed by atoms with E-state index in [2.05, 4.69) is 5.32 Å². The Morgan fingerprint density at radius 1 is 1.08 bits per heavy atom. The summed E-state index contributed by atoms with van der Waals surface area (Å²) in [5.41, 5.74) is -0.0600. The molecule has 4 saturated carbocycles. The third-order valence-corrected chi connectivity index (χ3v) is 6.19. The van der Waals surface area contributed by atoms with E-state index in [0.29, 0.717) is 10.8 Å². The number of carbonyl (C=O) groups excluding carboxylic acids is 2. The van der Waals surface area contributed by atoms with E-state index in [4.69, 9.17) is 21.1 Å². The molecule has 1 amide bonds. The van der Waals surface area contributed by atoms with Crippen molar-refractivity contribution in [2.75, 3.05) is 13.2 Å². The lowest BCUT2D eigenvalue weighted by atomic mass is 9.53. The van der Waals surface area contributed by atoms with Crippen LogP contribution >= 0.6 is 11.6 Å². The first kappa shape index (κ1) is 17.7. The number of carbonyl (C=O) groups is 2. The van der Waals surface area contributed by atoms with E-state index in [1.54, 1.807) is 24.3 Å². The molecule has 26 heavy (non-hydrogen) atoms. The van der Waals surface area contributed by atoms with Crippen LogP contribution < -0.4 is 10.1 Å². The van der Waals surface area contributed by atoms with Crippen LogP contribution in [-0.2, 0) is 14.3 Å². The topological polar surface area (TPSA) is 64.6 Å². The molecular weight excluding hydrogens is 354 g/mol. The van der Waals surface area contributed by atoms with E-state index >= 15 is 0 Å². The van der Waals surface area contributed by atoms with E-state index in [0.717, 1.165) is 37.0 Å². The van der Waals surface area contributed by atoms with Crippen LogP contribution in [0, 0.1) is 17.8 Å². The van der Waals surface area contributed by atoms with Crippen molar-refractivity contribution >= 4 is 23.5 Å². The minimum Gasteiger partial charge on any atom is -0.482 e. The van der Waals surface area contributed by atoms with Gasteiger partial charge in [-0.2, -0.15) is 0 Å². The van der Waals surface area contributed by atoms with Crippen LogP contribution in [-0.4, -0.2) is 30.6 Å². The molecule has 0 heterocycles. The van der Waals surface area contributed by atoms with Crippen molar-refractivity contribution in [2.45, 2.75) is 44.1 Å². The van der Waals surface area contributed by atoms with Gasteiger partial charge in [0.05, 0.1) is 0 Å². The highest BCUT2D eigenvalue weighted by atomic mass is 35.5. The highest BCUT2D eigenvalue weighted by molar-refractivity contribution is 6.30. The molecule has 4 bridgehead atoms. The van der Waals surface area contributed by atoms with Crippen LogP contribution in [0.15, 0.2) is 24.3 Å². The van der Waals surface area contributed by atoms with Gasteiger partial charge >= 0.3 is 5.97 Å². The lowest BCUT2D eigenvalue weighted by molar-refractivity contribution is -0.151. The van der Waals surface area contributed by atoms with E-state index in [1.165, 1.54) is 19.3 Å². The van der Waals surface area contributed by atoms with Gasteiger partial charge in [-0.1, -0.05) is 17.7 Å². The summed E-state index contributed by atoms with van der Waals surface area (Å²) in [6, 6.07) is 6.79. The molecular formula is C20H24ClNO4. The van der Waals surface area contributed by atoms with Crippen molar-refractivity contribution in [3.8, 4) is 5.75 Å². The number of hydrogen-bond acceptors (Lipinski definition) is 4. The lowest BCUT2D eigenvalue weighted by Gasteiger charge is -2.56. The quantitative estimate of drug-likeness (QED) is 0.772. The Balaban J connectivity index is 1.22. The van der Waals surface area contributed by atoms with Crippen molar-refractivity contribution in [1.29, 1.82) is 0 Å². The van der Waals surface area contributed by atoms with Crippen molar-refractivity contribution in [3.05, 3.63) is 29.3 Å². The fourth-order valence-corrected chi connectivity index (χ4v) is 5.66. The minimum absolute atomic E-state index is 0.0600. The zero-order valence-electron chi connectivity index (χ0n) is 14.7. The summed E-state index contributed by atoms with van der Waals surface area (Å²) in [5, 5.41) is 3.72. The third-order valence-electron chi connectivity index (χ3n) is 5.96. The maximum absolute atomic E-state index is 12.3. The van der Waals surface area contributed by atoms with Gasteiger partial charge in [-0.3, -0.25) is 4.79 Å². The van der Waals surface area contributed by atoms with Crippen molar-refractivity contribution in [2.24, 2.45) is 17.8 Å². The molecule has 0 spiro atoms. The molecule has 1 N–H and O–H groups in total. The summed E-state index contributed by atoms with van der Waals surface area (Å²) in [7, 11) is 0. The van der Waals surface area contributed by atoms with E-state index in [9.17, 15) is 9.59 Å². The van der Waals surface area contributed by atoms with Gasteiger partial charge in [0.1, 0.15) is 5.75 Å². The second-order valence-electron chi connectivity index (χ2n) is 8.15. The predicted molar refractivity (Wildman–Crippen MR) is 97.0 cm³/mol. The Morgan fingerprint density at radius 2 is 1.73 bits per heavy atom. The number of benzene rings is 1. The molecule has 0 aliphatic heterocycles. The fraction of sp³-hybridized carbons (Fsp3) is 0.600. The maximum atomic E-state index is 12.3. The molecule has 4 aliphatic carbocycles. The first-order chi connectivity index (χ1) is 12.5. The van der Waals surface area contributed by atoms with Crippen LogP contribution in [0.3, 0.4) is 0 Å². The highest BCUT2D eigenvalue weighted by Crippen LogP contribution is 2.55. The molecule has 5 rings (SSSR count). The first-order valence-corrected chi connectivity index (χ1v) is 9.72. The van der Waals surface area contributed by atoms with Crippen LogP contribution in [0.5, 0.6) is 5.75 Å². The number of halogens is 1. The Hall–Kier alpha value is -1.75. The SMILES string of the molecule is O=C(COC(=O)COc1cccc(Cl)c1)NC12CC3CC(CC(C3)C1)C2. The molecule has 0 atom stereocenters. The van der Waals surface area contributed by atoms with E-state index in [1.807, 2.05) is 0 Å². The molecule has 4 fully saturated rings. The van der Waals surface area contributed by atoms with Gasteiger partial charge in [-0.15, -0.1) is 0 Å². The Labute approximate surface area is 158 Å². The number of amides is 1. The number of ether oxygens (including phenoxy) is 2. The van der Waals surface area contributed by atoms with E-state index < -0.39 is 5.97 Å². The van der Waals surface area contributed by atoms with Crippen LogP contribution in [0.4, 0.5) is 0 Å². The van der Waals surface area contributed by atoms with E-state index in [-0.39, 0.29) is 24.7 Å². The van der Waals surface area contributed by atoms with Crippen molar-refractivity contribution in [1.82, 2.24) is 5.32 Å². The van der Waals surface area contributed by atoms with Gasteiger partial charge in [0.2, 0.25) is 0 Å². The monoisotopic (exact) mass is 377 g/mol. The fourth-order valence-electron chi connectivity index (χ4n) is 5.48. The predicted octanol–water partition coefficient (Wildman–Crippen LogP) is 3.35. The number of esters is 1. The summed E-state index contributed by atoms with van der Waals surface area (Å²) in [5.74, 6) is 2.00. The number of hydrogen-bond donors (Lipinski definition) is 1. The molecule has 6 heteroatoms. The van der Waals surface area contributed by atoms with Gasteiger partial charge < -0.3 is 14.8 Å². The average Bonchev–Trinajstić information content (AvgIpc) is 2.56. The molecule has 140 valence electrons. The van der Waals surface area contributed by atoms with Crippen molar-refractivity contribution < 1.29 is 19.1 Å². The normalized spacial score (nSPS) is 31.5. The zero-order chi connectivity index (χ0) is 18.1. The number of rotatable bonds is 6. The Kier molecular flexibility index (Phi) is 4.82. The summed E-state index contributed by atoms with van der Waals surface area (Å²) in [4.78, 5) is 24.1. The maximum Gasteiger partial charge on any atom is 0.344 e. The van der Waals surface area contributed by atoms with Crippen molar-refractivity contribution in [3.63, 3.8) is 0 Å². The van der Waals surface area contributed by atoms with Gasteiger partial charge in [0.15, 0.2) is 13.2 Å². The molecule has 1 aromatic carbocycles. The Bertz CT molecular complexity index is 670. The molecule has 4 aliphatic rings. The highest BCUT2D eigenvalue weighted by Gasteiger charge is 2.51. The Morgan fingerprint density at radius 3 is 2.35 bits per heavy atom. The second-order valence-corrected chi connectivity index (χ2v) is 8.59. The molecule has 0 radical (unpaired) electrons. The summed E-state index contributed by atoms with van der Waals surface area (Å²) >= 11 is 5.86. The molecule has 5 nitrogen and oxygen atoms in total. The third kappa shape index (κ3) is 3.98. The van der Waals surface area contributed by atoms with Crippen LogP contribution in [0.2, 0.25) is 5.02 Å². The van der Waals surface area contributed by atoms with Gasteiger partial charge in [-0.25, -0.2) is 4.79 Å². The van der Waals surface area contributed by atoms with Gasteiger partial charge in [0, 0.05) is 10.6 Å². The minimum atomic E-state index is -0.564. The smallest absolute Gasteiger partial charge is 0.344 e. The lowest BCUT2D eigenvalue weighted by Crippen LogP contribution is -2.60. The average molecular weight is 378 g/mol. The molecule has 1 aromatic rings. The van der Waals surface area contributed by atoms with Gasteiger partial charge in [0.25, 0.3) is 5.91 Å². The molecule has 0 saturated heterocycles. The summed E-state index contributed by atoms with van der Waals surface area (Å²) in [6.45, 7) is -0.496. The molecule has 0 unspecified atom stereocenters. The first-order valence-electron chi connectivity index (χ1n) is 9.35. The zero-order valence-corrected chi connectivity index (χ0v) is 15.5. The van der Waals surface area contributed by atoms with Crippen LogP contribution in [0.25, 0.3) is 0 Å². The summed E-state index contributed by atoms with van der Waals surface area (Å²) in [6.07, 6.45) is 7.21. The number of nitrogens with one attached hydrogen (secondary N) is 1. The standard InChI is InChI=1S/C20H24ClNO4/c21-16-2-1-3-17(7-16)25-12-19(24)26-11-18(23)22-20-8-13-4-14(9-20)6-15(5-13)10-20/h1-3,7,13-15H,4-6,8-12H2,(H,22,23). The van der Waals surface area contributed by atoms with Crippen LogP contribution in [0.1, 0.15) is 38.5 Å². The summed E-state index contributed by atoms with van der Waals surface area (Å²) < 4.78 is 10.4.